The van der Waals surface area contributed by atoms with Gasteiger partial charge in [-0.1, -0.05) is 30.3 Å². The molecule has 27 heavy (non-hydrogen) atoms. The predicted octanol–water partition coefficient (Wildman–Crippen LogP) is 4.55. The maximum Gasteiger partial charge on any atom is 0.424 e. The van der Waals surface area contributed by atoms with Crippen molar-refractivity contribution in [2.75, 3.05) is 0 Å². The molecule has 6 heteroatoms. The summed E-state index contributed by atoms with van der Waals surface area (Å²) in [7, 11) is 0. The van der Waals surface area contributed by atoms with Gasteiger partial charge in [-0.25, -0.2) is 19.1 Å². The Labute approximate surface area is 157 Å². The molecule has 0 fully saturated rings. The summed E-state index contributed by atoms with van der Waals surface area (Å²) in [5.41, 5.74) is 1.09. The summed E-state index contributed by atoms with van der Waals surface area (Å²) < 4.78 is 11.9. The second-order valence-corrected chi connectivity index (χ2v) is 6.93. The normalized spacial score (nSPS) is 11.1. The number of esters is 1. The molecule has 0 saturated carbocycles. The lowest BCUT2D eigenvalue weighted by Gasteiger charge is -2.19. The van der Waals surface area contributed by atoms with E-state index in [0.717, 1.165) is 0 Å². The molecular weight excluding hydrogens is 344 g/mol. The molecule has 0 unspecified atom stereocenters. The minimum atomic E-state index is -0.574. The minimum Gasteiger partial charge on any atom is -0.456 e. The van der Waals surface area contributed by atoms with Crippen LogP contribution in [0.2, 0.25) is 0 Å². The summed E-state index contributed by atoms with van der Waals surface area (Å²) in [6.45, 7) is 5.44. The van der Waals surface area contributed by atoms with Gasteiger partial charge in [-0.2, -0.15) is 0 Å². The largest absolute Gasteiger partial charge is 0.456 e. The van der Waals surface area contributed by atoms with Crippen LogP contribution in [0.15, 0.2) is 67.1 Å². The molecule has 0 amide bonds. The van der Waals surface area contributed by atoms with Crippen molar-refractivity contribution in [1.82, 2.24) is 9.55 Å². The first-order chi connectivity index (χ1) is 12.8. The number of aromatic nitrogens is 2. The smallest absolute Gasteiger partial charge is 0.424 e. The number of nitrogens with zero attached hydrogens (tertiary/aromatic N) is 2. The Bertz CT molecular complexity index is 956. The zero-order valence-corrected chi connectivity index (χ0v) is 15.4. The number of hydrogen-bond donors (Lipinski definition) is 0. The van der Waals surface area contributed by atoms with Crippen LogP contribution >= 0.6 is 0 Å². The van der Waals surface area contributed by atoms with E-state index in [-0.39, 0.29) is 0 Å². The lowest BCUT2D eigenvalue weighted by Crippen LogP contribution is -2.23. The van der Waals surface area contributed by atoms with E-state index < -0.39 is 17.7 Å². The van der Waals surface area contributed by atoms with Crippen LogP contribution in [0.1, 0.15) is 31.1 Å². The molecule has 0 aliphatic carbocycles. The molecule has 2 aromatic carbocycles. The van der Waals surface area contributed by atoms with Crippen LogP contribution in [-0.4, -0.2) is 27.2 Å². The summed E-state index contributed by atoms with van der Waals surface area (Å²) in [5, 5.41) is 0. The fraction of sp³-hybridized carbons (Fsp3) is 0.190. The number of benzene rings is 2. The standard InChI is InChI=1S/C21H20N2O4/c1-21(2,3)27-19(24)16-9-7-8-15(12-16)18-13-23(14-22-18)20(25)26-17-10-5-4-6-11-17/h4-14H,1-3H3. The van der Waals surface area contributed by atoms with E-state index in [1.54, 1.807) is 48.7 Å². The second kappa shape index (κ2) is 7.45. The number of imidazole rings is 1. The molecule has 0 N–H and O–H groups in total. The highest BCUT2D eigenvalue weighted by Gasteiger charge is 2.18. The molecule has 1 heterocycles. The van der Waals surface area contributed by atoms with Gasteiger partial charge in [0.1, 0.15) is 17.7 Å². The van der Waals surface area contributed by atoms with E-state index >= 15 is 0 Å². The van der Waals surface area contributed by atoms with Gasteiger partial charge in [0, 0.05) is 11.8 Å². The summed E-state index contributed by atoms with van der Waals surface area (Å²) >= 11 is 0. The van der Waals surface area contributed by atoms with E-state index in [4.69, 9.17) is 9.47 Å². The highest BCUT2D eigenvalue weighted by atomic mass is 16.6. The highest BCUT2D eigenvalue weighted by molar-refractivity contribution is 5.91. The first-order valence-corrected chi connectivity index (χ1v) is 8.47. The summed E-state index contributed by atoms with van der Waals surface area (Å²) in [5.74, 6) is 0.0388. The van der Waals surface area contributed by atoms with Crippen molar-refractivity contribution in [3.8, 4) is 17.0 Å². The molecule has 0 spiro atoms. The zero-order valence-electron chi connectivity index (χ0n) is 15.4. The first kappa shape index (κ1) is 18.4. The minimum absolute atomic E-state index is 0.410. The molecule has 3 rings (SSSR count). The average molecular weight is 364 g/mol. The van der Waals surface area contributed by atoms with Crippen LogP contribution in [0.4, 0.5) is 4.79 Å². The van der Waals surface area contributed by atoms with Gasteiger partial charge in [-0.3, -0.25) is 0 Å². The van der Waals surface area contributed by atoms with E-state index in [2.05, 4.69) is 4.98 Å². The van der Waals surface area contributed by atoms with Crippen molar-refractivity contribution in [2.24, 2.45) is 0 Å². The van der Waals surface area contributed by atoms with Gasteiger partial charge in [-0.15, -0.1) is 0 Å². The molecule has 0 atom stereocenters. The Morgan fingerprint density at radius 2 is 1.74 bits per heavy atom. The number of carbonyl (C=O) groups is 2. The van der Waals surface area contributed by atoms with Gasteiger partial charge < -0.3 is 9.47 Å². The molecule has 0 aliphatic heterocycles. The van der Waals surface area contributed by atoms with E-state index in [9.17, 15) is 9.59 Å². The monoisotopic (exact) mass is 364 g/mol. The van der Waals surface area contributed by atoms with Crippen molar-refractivity contribution in [1.29, 1.82) is 0 Å². The van der Waals surface area contributed by atoms with Crippen molar-refractivity contribution in [3.05, 3.63) is 72.7 Å². The van der Waals surface area contributed by atoms with Gasteiger partial charge in [0.05, 0.1) is 11.3 Å². The molecule has 6 nitrogen and oxygen atoms in total. The molecule has 138 valence electrons. The maximum absolute atomic E-state index is 12.2. The molecule has 0 aliphatic rings. The molecular formula is C21H20N2O4. The lowest BCUT2D eigenvalue weighted by molar-refractivity contribution is 0.00695. The average Bonchev–Trinajstić information content (AvgIpc) is 3.12. The highest BCUT2D eigenvalue weighted by Crippen LogP contribution is 2.21. The fourth-order valence-corrected chi connectivity index (χ4v) is 2.36. The topological polar surface area (TPSA) is 70.4 Å². The van der Waals surface area contributed by atoms with Crippen molar-refractivity contribution in [2.45, 2.75) is 26.4 Å². The number of hydrogen-bond acceptors (Lipinski definition) is 5. The van der Waals surface area contributed by atoms with Crippen LogP contribution in [0.25, 0.3) is 11.3 Å². The summed E-state index contributed by atoms with van der Waals surface area (Å²) in [6, 6.07) is 15.7. The molecule has 0 bridgehead atoms. The van der Waals surface area contributed by atoms with Crippen LogP contribution in [-0.2, 0) is 4.74 Å². The maximum atomic E-state index is 12.2. The third-order valence-corrected chi connectivity index (χ3v) is 3.53. The van der Waals surface area contributed by atoms with Crippen LogP contribution < -0.4 is 4.74 Å². The Morgan fingerprint density at radius 3 is 2.44 bits per heavy atom. The zero-order chi connectivity index (χ0) is 19.4. The molecule has 0 radical (unpaired) electrons. The Morgan fingerprint density at radius 1 is 1.00 bits per heavy atom. The third kappa shape index (κ3) is 4.82. The van der Waals surface area contributed by atoms with Gasteiger partial charge in [-0.05, 0) is 45.0 Å². The summed E-state index contributed by atoms with van der Waals surface area (Å²) in [4.78, 5) is 28.7. The SMILES string of the molecule is CC(C)(C)OC(=O)c1cccc(-c2cn(C(=O)Oc3ccccc3)cn2)c1. The second-order valence-electron chi connectivity index (χ2n) is 6.93. The number of rotatable bonds is 3. The molecule has 1 aromatic heterocycles. The van der Waals surface area contributed by atoms with Crippen LogP contribution in [0, 0.1) is 0 Å². The van der Waals surface area contributed by atoms with Crippen LogP contribution in [0.5, 0.6) is 5.75 Å². The van der Waals surface area contributed by atoms with Gasteiger partial charge >= 0.3 is 12.1 Å². The Hall–Kier alpha value is -3.41. The Balaban J connectivity index is 1.77. The van der Waals surface area contributed by atoms with E-state index in [1.807, 2.05) is 32.9 Å². The van der Waals surface area contributed by atoms with Gasteiger partial charge in [0.2, 0.25) is 0 Å². The van der Waals surface area contributed by atoms with Crippen molar-refractivity contribution in [3.63, 3.8) is 0 Å². The number of para-hydroxylation sites is 1. The number of carbonyl (C=O) groups excluding carboxylic acids is 2. The Kier molecular flexibility index (Phi) is 5.07. The van der Waals surface area contributed by atoms with Gasteiger partial charge in [0.25, 0.3) is 0 Å². The van der Waals surface area contributed by atoms with Crippen LogP contribution in [0.3, 0.4) is 0 Å². The van der Waals surface area contributed by atoms with Crippen molar-refractivity contribution < 1.29 is 19.1 Å². The van der Waals surface area contributed by atoms with E-state index in [0.29, 0.717) is 22.6 Å². The van der Waals surface area contributed by atoms with Crippen molar-refractivity contribution >= 4 is 12.1 Å². The van der Waals surface area contributed by atoms with Gasteiger partial charge in [0.15, 0.2) is 0 Å². The fourth-order valence-electron chi connectivity index (χ4n) is 2.36. The molecule has 3 aromatic rings. The third-order valence-electron chi connectivity index (χ3n) is 3.53. The summed E-state index contributed by atoms with van der Waals surface area (Å²) in [6.07, 6.45) is 2.36. The van der Waals surface area contributed by atoms with E-state index in [1.165, 1.54) is 10.9 Å². The quantitative estimate of drug-likeness (QED) is 0.638. The number of ether oxygens (including phenoxy) is 2. The predicted molar refractivity (Wildman–Crippen MR) is 101 cm³/mol. The first-order valence-electron chi connectivity index (χ1n) is 8.47. The lowest BCUT2D eigenvalue weighted by atomic mass is 10.1. The molecule has 0 saturated heterocycles.